The fraction of sp³-hybridized carbons (Fsp3) is 0.400. The summed E-state index contributed by atoms with van der Waals surface area (Å²) in [6.45, 7) is 0.686. The molecule has 0 heterocycles. The number of hydrogen-bond acceptors (Lipinski definition) is 2. The van der Waals surface area contributed by atoms with Crippen LogP contribution in [0.25, 0.3) is 0 Å². The second-order valence-corrected chi connectivity index (χ2v) is 5.71. The maximum atomic E-state index is 12.0. The Morgan fingerprint density at radius 1 is 1.37 bits per heavy atom. The van der Waals surface area contributed by atoms with E-state index in [2.05, 4.69) is 27.3 Å². The van der Waals surface area contributed by atoms with Gasteiger partial charge in [-0.1, -0.05) is 11.6 Å². The van der Waals surface area contributed by atoms with E-state index in [-0.39, 0.29) is 5.91 Å². The first-order valence-corrected chi connectivity index (χ1v) is 7.47. The Balaban J connectivity index is 1.87. The highest BCUT2D eigenvalue weighted by Gasteiger charge is 2.10. The van der Waals surface area contributed by atoms with Gasteiger partial charge in [0, 0.05) is 16.7 Å². The third kappa shape index (κ3) is 4.10. The number of nitrogen functional groups attached to an aromatic ring is 1. The highest BCUT2D eigenvalue weighted by atomic mass is 79.9. The SMILES string of the molecule is Nc1ccc(Br)c(C(=O)NCCC2=CCCCC2)c1. The number of allylic oxidation sites excluding steroid dienone is 1. The first-order chi connectivity index (χ1) is 9.16. The van der Waals surface area contributed by atoms with Crippen LogP contribution < -0.4 is 11.1 Å². The zero-order valence-corrected chi connectivity index (χ0v) is 12.5. The van der Waals surface area contributed by atoms with E-state index < -0.39 is 0 Å². The van der Waals surface area contributed by atoms with Gasteiger partial charge in [-0.15, -0.1) is 0 Å². The largest absolute Gasteiger partial charge is 0.399 e. The molecule has 1 aliphatic carbocycles. The first-order valence-electron chi connectivity index (χ1n) is 6.68. The van der Waals surface area contributed by atoms with Crippen molar-refractivity contribution in [3.05, 3.63) is 39.9 Å². The minimum absolute atomic E-state index is 0.0735. The minimum Gasteiger partial charge on any atom is -0.399 e. The average molecular weight is 323 g/mol. The molecule has 0 spiro atoms. The molecule has 102 valence electrons. The van der Waals surface area contributed by atoms with Crippen molar-refractivity contribution in [2.75, 3.05) is 12.3 Å². The van der Waals surface area contributed by atoms with E-state index in [4.69, 9.17) is 5.73 Å². The van der Waals surface area contributed by atoms with Gasteiger partial charge >= 0.3 is 0 Å². The van der Waals surface area contributed by atoms with E-state index in [0.717, 1.165) is 10.9 Å². The molecule has 0 atom stereocenters. The zero-order chi connectivity index (χ0) is 13.7. The summed E-state index contributed by atoms with van der Waals surface area (Å²) in [5.74, 6) is -0.0735. The molecule has 1 aromatic rings. The molecule has 0 aliphatic heterocycles. The lowest BCUT2D eigenvalue weighted by molar-refractivity contribution is 0.0953. The second-order valence-electron chi connectivity index (χ2n) is 4.85. The van der Waals surface area contributed by atoms with E-state index in [1.165, 1.54) is 31.3 Å². The first kappa shape index (κ1) is 14.1. The molecule has 1 amide bonds. The number of hydrogen-bond donors (Lipinski definition) is 2. The Morgan fingerprint density at radius 2 is 2.21 bits per heavy atom. The van der Waals surface area contributed by atoms with Crippen LogP contribution in [0.3, 0.4) is 0 Å². The second kappa shape index (κ2) is 6.75. The van der Waals surface area contributed by atoms with Crippen molar-refractivity contribution in [1.29, 1.82) is 0 Å². The van der Waals surface area contributed by atoms with Crippen molar-refractivity contribution in [2.45, 2.75) is 32.1 Å². The molecule has 0 saturated heterocycles. The van der Waals surface area contributed by atoms with Gasteiger partial charge in [-0.2, -0.15) is 0 Å². The molecule has 2 rings (SSSR count). The number of carbonyl (C=O) groups excluding carboxylic acids is 1. The van der Waals surface area contributed by atoms with Crippen molar-refractivity contribution >= 4 is 27.5 Å². The lowest BCUT2D eigenvalue weighted by atomic mass is 9.97. The molecule has 3 nitrogen and oxygen atoms in total. The normalized spacial score (nSPS) is 14.9. The maximum absolute atomic E-state index is 12.0. The summed E-state index contributed by atoms with van der Waals surface area (Å²) in [6, 6.07) is 5.26. The van der Waals surface area contributed by atoms with Crippen molar-refractivity contribution in [3.63, 3.8) is 0 Å². The van der Waals surface area contributed by atoms with E-state index in [1.807, 2.05) is 0 Å². The summed E-state index contributed by atoms with van der Waals surface area (Å²) in [6.07, 6.45) is 8.20. The van der Waals surface area contributed by atoms with Crippen molar-refractivity contribution in [3.8, 4) is 0 Å². The average Bonchev–Trinajstić information content (AvgIpc) is 2.42. The molecule has 0 aromatic heterocycles. The van der Waals surface area contributed by atoms with E-state index in [9.17, 15) is 4.79 Å². The molecule has 0 fully saturated rings. The summed E-state index contributed by atoms with van der Waals surface area (Å²) in [5.41, 5.74) is 8.37. The molecule has 3 N–H and O–H groups in total. The molecule has 0 unspecified atom stereocenters. The van der Waals surface area contributed by atoms with E-state index in [0.29, 0.717) is 17.8 Å². The molecule has 4 heteroatoms. The molecule has 1 aliphatic rings. The standard InChI is InChI=1S/C15H19BrN2O/c16-14-7-6-12(17)10-13(14)15(19)18-9-8-11-4-2-1-3-5-11/h4,6-7,10H,1-3,5,8-9,17H2,(H,18,19). The highest BCUT2D eigenvalue weighted by Crippen LogP contribution is 2.21. The predicted octanol–water partition coefficient (Wildman–Crippen LogP) is 3.65. The molecule has 1 aromatic carbocycles. The zero-order valence-electron chi connectivity index (χ0n) is 10.9. The van der Waals surface area contributed by atoms with Crippen LogP contribution >= 0.6 is 15.9 Å². The summed E-state index contributed by atoms with van der Waals surface area (Å²) in [5, 5.41) is 2.95. The minimum atomic E-state index is -0.0735. The monoisotopic (exact) mass is 322 g/mol. The van der Waals surface area contributed by atoms with Gasteiger partial charge in [0.25, 0.3) is 5.91 Å². The number of carbonyl (C=O) groups is 1. The Kier molecular flexibility index (Phi) is 5.02. The number of rotatable bonds is 4. The Labute approximate surface area is 122 Å². The topological polar surface area (TPSA) is 55.1 Å². The number of anilines is 1. The quantitative estimate of drug-likeness (QED) is 0.656. The van der Waals surface area contributed by atoms with Crippen LogP contribution in [0.15, 0.2) is 34.3 Å². The maximum Gasteiger partial charge on any atom is 0.252 e. The lowest BCUT2D eigenvalue weighted by Crippen LogP contribution is -2.25. The summed E-state index contributed by atoms with van der Waals surface area (Å²) in [4.78, 5) is 12.0. The van der Waals surface area contributed by atoms with Gasteiger partial charge in [0.15, 0.2) is 0 Å². The number of halogens is 1. The Hall–Kier alpha value is -1.29. The molecule has 0 bridgehead atoms. The van der Waals surface area contributed by atoms with Gasteiger partial charge in [-0.05, 0) is 66.2 Å². The van der Waals surface area contributed by atoms with Crippen molar-refractivity contribution in [1.82, 2.24) is 5.32 Å². The van der Waals surface area contributed by atoms with Gasteiger partial charge in [0.05, 0.1) is 5.56 Å². The van der Waals surface area contributed by atoms with Crippen molar-refractivity contribution in [2.24, 2.45) is 0 Å². The van der Waals surface area contributed by atoms with Crippen LogP contribution in [0.5, 0.6) is 0 Å². The number of amides is 1. The fourth-order valence-electron chi connectivity index (χ4n) is 2.28. The summed E-state index contributed by atoms with van der Waals surface area (Å²) < 4.78 is 0.774. The Bertz CT molecular complexity index is 497. The Morgan fingerprint density at radius 3 is 2.95 bits per heavy atom. The van der Waals surface area contributed by atoms with Crippen LogP contribution in [-0.2, 0) is 0 Å². The third-order valence-corrected chi connectivity index (χ3v) is 4.04. The number of nitrogens with one attached hydrogen (secondary N) is 1. The van der Waals surface area contributed by atoms with Gasteiger partial charge < -0.3 is 11.1 Å². The smallest absolute Gasteiger partial charge is 0.252 e. The molecule has 0 radical (unpaired) electrons. The van der Waals surface area contributed by atoms with E-state index >= 15 is 0 Å². The number of nitrogens with two attached hydrogens (primary N) is 1. The summed E-state index contributed by atoms with van der Waals surface area (Å²) in [7, 11) is 0. The third-order valence-electron chi connectivity index (χ3n) is 3.35. The van der Waals surface area contributed by atoms with Gasteiger partial charge in [0.1, 0.15) is 0 Å². The fourth-order valence-corrected chi connectivity index (χ4v) is 2.71. The van der Waals surface area contributed by atoms with Gasteiger partial charge in [0.2, 0.25) is 0 Å². The summed E-state index contributed by atoms with van der Waals surface area (Å²) >= 11 is 3.37. The van der Waals surface area contributed by atoms with E-state index in [1.54, 1.807) is 18.2 Å². The van der Waals surface area contributed by atoms with Crippen LogP contribution in [-0.4, -0.2) is 12.5 Å². The molecule has 0 saturated carbocycles. The van der Waals surface area contributed by atoms with Crippen LogP contribution in [0.2, 0.25) is 0 Å². The lowest BCUT2D eigenvalue weighted by Gasteiger charge is -2.13. The number of benzene rings is 1. The van der Waals surface area contributed by atoms with Gasteiger partial charge in [-0.25, -0.2) is 0 Å². The van der Waals surface area contributed by atoms with Crippen LogP contribution in [0.4, 0.5) is 5.69 Å². The van der Waals surface area contributed by atoms with Crippen LogP contribution in [0.1, 0.15) is 42.5 Å². The van der Waals surface area contributed by atoms with Crippen molar-refractivity contribution < 1.29 is 4.79 Å². The highest BCUT2D eigenvalue weighted by molar-refractivity contribution is 9.10. The van der Waals surface area contributed by atoms with Gasteiger partial charge in [-0.3, -0.25) is 4.79 Å². The molecule has 19 heavy (non-hydrogen) atoms. The molecular formula is C15H19BrN2O. The van der Waals surface area contributed by atoms with Crippen LogP contribution in [0, 0.1) is 0 Å². The molecular weight excluding hydrogens is 304 g/mol. The predicted molar refractivity (Wildman–Crippen MR) is 82.1 cm³/mol.